The van der Waals surface area contributed by atoms with E-state index in [2.05, 4.69) is 389 Å². The molecular formula is C107H93BN8OP. The first kappa shape index (κ1) is 79.4. The molecule has 1 atom stereocenters. The third-order valence-electron chi connectivity index (χ3n) is 20.9. The van der Waals surface area contributed by atoms with Crippen molar-refractivity contribution in [2.45, 2.75) is 73.0 Å². The van der Waals surface area contributed by atoms with Gasteiger partial charge in [-0.05, 0) is 161 Å². The van der Waals surface area contributed by atoms with E-state index in [0.29, 0.717) is 11.8 Å². The van der Waals surface area contributed by atoms with E-state index >= 15 is 0 Å². The Hall–Kier alpha value is -13.8. The van der Waals surface area contributed by atoms with Crippen molar-refractivity contribution >= 4 is 48.4 Å². The van der Waals surface area contributed by atoms with Gasteiger partial charge in [-0.15, -0.1) is 30.6 Å². The van der Waals surface area contributed by atoms with Crippen LogP contribution in [0.1, 0.15) is 63.8 Å². The Kier molecular flexibility index (Phi) is 24.5. The fourth-order valence-electron chi connectivity index (χ4n) is 14.8. The monoisotopic (exact) mass is 1550 g/mol. The van der Waals surface area contributed by atoms with E-state index in [1.807, 2.05) is 117 Å². The molecule has 16 aromatic carbocycles. The minimum atomic E-state index is 0.108. The first-order valence-electron chi connectivity index (χ1n) is 40.1. The molecule has 0 saturated carbocycles. The van der Waals surface area contributed by atoms with Gasteiger partial charge < -0.3 is 4.42 Å². The third-order valence-corrected chi connectivity index (χ3v) is 20.9. The zero-order valence-corrected chi connectivity index (χ0v) is 69.2. The summed E-state index contributed by atoms with van der Waals surface area (Å²) in [5.74, 6) is 4.42. The highest BCUT2D eigenvalue weighted by atomic mass is 31.0. The third kappa shape index (κ3) is 18.3. The molecule has 19 aromatic rings. The van der Waals surface area contributed by atoms with E-state index in [1.54, 1.807) is 0 Å². The minimum Gasteiger partial charge on any atom is -0.416 e. The van der Waals surface area contributed by atoms with E-state index in [9.17, 15) is 0 Å². The molecule has 118 heavy (non-hydrogen) atoms. The second-order valence-electron chi connectivity index (χ2n) is 31.3. The lowest BCUT2D eigenvalue weighted by Gasteiger charge is -2.19. The van der Waals surface area contributed by atoms with Crippen molar-refractivity contribution in [1.82, 2.24) is 39.7 Å². The number of para-hydroxylation sites is 1. The number of benzene rings is 16. The van der Waals surface area contributed by atoms with Crippen LogP contribution < -0.4 is 0 Å². The molecule has 3 heterocycles. The molecule has 19 rings (SSSR count). The van der Waals surface area contributed by atoms with Crippen molar-refractivity contribution in [2.75, 3.05) is 0 Å². The summed E-state index contributed by atoms with van der Waals surface area (Å²) in [6.07, 6.45) is 0. The maximum absolute atomic E-state index is 5.90. The molecule has 0 aliphatic carbocycles. The van der Waals surface area contributed by atoms with Crippen molar-refractivity contribution < 1.29 is 4.42 Å². The normalized spacial score (nSPS) is 11.1. The fraction of sp³-hybridized carbons (Fsp3) is 0.103. The number of rotatable bonds is 12. The maximum Gasteiger partial charge on any atom is 0.248 e. The predicted octanol–water partition coefficient (Wildman–Crippen LogP) is 28.2. The van der Waals surface area contributed by atoms with Crippen LogP contribution in [-0.4, -0.2) is 46.7 Å². The lowest BCUT2D eigenvalue weighted by atomic mass is 9.86. The number of aryl methyl sites for hydroxylation is 2. The molecule has 0 spiro atoms. The van der Waals surface area contributed by atoms with E-state index < -0.39 is 0 Å². The zero-order valence-electron chi connectivity index (χ0n) is 68.1. The highest BCUT2D eigenvalue weighted by molar-refractivity contribution is 7.55. The summed E-state index contributed by atoms with van der Waals surface area (Å²) in [6.45, 7) is 21.6. The Balaban J connectivity index is 0.000000122. The number of fused-ring (bicyclic) bond motifs is 4. The number of hydrogen-bond donors (Lipinski definition) is 0. The smallest absolute Gasteiger partial charge is 0.248 e. The van der Waals surface area contributed by atoms with Gasteiger partial charge in [0.05, 0.1) is 5.69 Å². The Bertz CT molecular complexity index is 6340. The van der Waals surface area contributed by atoms with Gasteiger partial charge in [-0.3, -0.25) is 9.13 Å². The van der Waals surface area contributed by atoms with Crippen molar-refractivity contribution in [2.24, 2.45) is 0 Å². The molecule has 1 unspecified atom stereocenters. The zero-order chi connectivity index (χ0) is 81.5. The molecule has 0 amide bonds. The lowest BCUT2D eigenvalue weighted by molar-refractivity contribution is 0.582. The largest absolute Gasteiger partial charge is 0.416 e. The quantitative estimate of drug-likeness (QED) is 0.0682. The summed E-state index contributed by atoms with van der Waals surface area (Å²) < 4.78 is 10.2. The molecule has 0 aliphatic rings. The summed E-state index contributed by atoms with van der Waals surface area (Å²) in [6, 6.07) is 135. The van der Waals surface area contributed by atoms with Gasteiger partial charge in [0, 0.05) is 44.5 Å². The van der Waals surface area contributed by atoms with Crippen LogP contribution in [0.4, 0.5) is 0 Å². The molecule has 9 nitrogen and oxygen atoms in total. The van der Waals surface area contributed by atoms with Crippen molar-refractivity contribution in [3.05, 3.63) is 411 Å². The van der Waals surface area contributed by atoms with Gasteiger partial charge in [-0.25, -0.2) is 0 Å². The SMILES string of the molecule is CC(C)(C)c1ccc(-c2nnc(-c3ccc(-c4ccccc4)cc3)n2-c2ccccc2)cc1.CC(C)(C)c1ccc(-c2nnc(-c3ccc(-c4ccccc4)cc3)o2)cc1.C[B]P.Cc1cc(-c2ccccc2)c2ccc3c(-c4ccccc4)cc(C)cc3c2c1.c1ccc(-c2nnc(-c3ccccc3)n2-c2cccc3ccccc23)cc1. The van der Waals surface area contributed by atoms with Crippen LogP contribution in [0.25, 0.3) is 157 Å². The molecule has 575 valence electrons. The topological polar surface area (TPSA) is 100 Å². The van der Waals surface area contributed by atoms with Crippen LogP contribution >= 0.6 is 9.12 Å². The van der Waals surface area contributed by atoms with Crippen LogP contribution in [0.15, 0.2) is 393 Å². The summed E-state index contributed by atoms with van der Waals surface area (Å²) >= 11 is 0. The van der Waals surface area contributed by atoms with Crippen LogP contribution in [0.5, 0.6) is 0 Å². The average molecular weight is 1550 g/mol. The van der Waals surface area contributed by atoms with Gasteiger partial charge in [-0.1, -0.05) is 394 Å². The summed E-state index contributed by atoms with van der Waals surface area (Å²) in [5, 5.41) is 34.5. The number of hydrogen-bond acceptors (Lipinski definition) is 7. The van der Waals surface area contributed by atoms with Crippen LogP contribution in [0, 0.1) is 13.8 Å². The average Bonchev–Trinajstić information content (AvgIpc) is 1.03. The van der Waals surface area contributed by atoms with Crippen molar-refractivity contribution in [1.29, 1.82) is 0 Å². The second-order valence-corrected chi connectivity index (χ2v) is 32.0. The van der Waals surface area contributed by atoms with Crippen LogP contribution in [0.2, 0.25) is 6.82 Å². The first-order chi connectivity index (χ1) is 57.5. The standard InChI is InChI=1S/C30H27N3.C28H22.C24H17N3.C24H22N2O.CH5BP/c1-30(2,3)26-20-18-25(19-21-26)29-32-31-28(33(29)27-12-8-5-9-13-27)24-16-14-23(15-17-24)22-10-6-4-7-11-22;1-19-15-25(21-9-5-3-6-10-21)23-13-14-24-26(22-11-7-4-8-12-22)16-20(2)18-28(24)27(23)17-19;1-3-11-19(12-4-1)23-25-26-24(20-13-5-2-6-14-20)27(23)22-17-9-15-18-10-7-8-16-21(18)22;1-24(2,3)21-15-13-20(14-16-21)23-26-25-22(27-23)19-11-9-18(10-12-19)17-7-5-4-6-8-17;1-2-3/h4-21H,1-3H3;3-18H,1-2H3;1-17H;4-16H,1-3H3;3H2,1H3. The maximum atomic E-state index is 5.90. The van der Waals surface area contributed by atoms with Crippen molar-refractivity contribution in [3.63, 3.8) is 0 Å². The lowest BCUT2D eigenvalue weighted by Crippen LogP contribution is -2.10. The number of nitrogens with zero attached hydrogens (tertiary/aromatic N) is 8. The van der Waals surface area contributed by atoms with Gasteiger partial charge in [0.1, 0.15) is 7.00 Å². The highest BCUT2D eigenvalue weighted by Crippen LogP contribution is 2.41. The minimum absolute atomic E-state index is 0.108. The second kappa shape index (κ2) is 36.4. The van der Waals surface area contributed by atoms with E-state index in [0.717, 1.165) is 73.6 Å². The molecule has 3 aromatic heterocycles. The van der Waals surface area contributed by atoms with Gasteiger partial charge in [-0.2, -0.15) is 9.12 Å². The number of aromatic nitrogens is 8. The van der Waals surface area contributed by atoms with Crippen molar-refractivity contribution in [3.8, 4) is 124 Å². The summed E-state index contributed by atoms with van der Waals surface area (Å²) in [5.41, 5.74) is 23.4. The summed E-state index contributed by atoms with van der Waals surface area (Å²) in [7, 11) is 2.45. The molecule has 1 radical (unpaired) electrons. The van der Waals surface area contributed by atoms with Gasteiger partial charge in [0.25, 0.3) is 0 Å². The predicted molar refractivity (Wildman–Crippen MR) is 499 cm³/mol. The van der Waals surface area contributed by atoms with Crippen LogP contribution in [-0.2, 0) is 10.8 Å². The molecule has 0 N–H and O–H groups in total. The Labute approximate surface area is 696 Å². The Morgan fingerprint density at radius 3 is 0.941 bits per heavy atom. The van der Waals surface area contributed by atoms with Gasteiger partial charge in [0.2, 0.25) is 11.8 Å². The fourth-order valence-corrected chi connectivity index (χ4v) is 14.8. The molecule has 0 fully saturated rings. The highest BCUT2D eigenvalue weighted by Gasteiger charge is 2.23. The van der Waals surface area contributed by atoms with Crippen LogP contribution in [0.3, 0.4) is 0 Å². The Morgan fingerprint density at radius 1 is 0.263 bits per heavy atom. The molecular weight excluding hydrogens is 1460 g/mol. The van der Waals surface area contributed by atoms with E-state index in [1.165, 1.54) is 93.5 Å². The first-order valence-corrected chi connectivity index (χ1v) is 40.7. The van der Waals surface area contributed by atoms with Gasteiger partial charge in [0.15, 0.2) is 23.3 Å². The Morgan fingerprint density at radius 2 is 0.551 bits per heavy atom. The van der Waals surface area contributed by atoms with E-state index in [-0.39, 0.29) is 10.8 Å². The molecule has 0 bridgehead atoms. The summed E-state index contributed by atoms with van der Waals surface area (Å²) in [4.78, 5) is 0. The molecule has 0 aliphatic heterocycles. The molecule has 0 saturated heterocycles. The molecule has 11 heteroatoms. The van der Waals surface area contributed by atoms with Gasteiger partial charge >= 0.3 is 0 Å². The van der Waals surface area contributed by atoms with E-state index in [4.69, 9.17) is 4.42 Å².